The van der Waals surface area contributed by atoms with Gasteiger partial charge in [0.1, 0.15) is 0 Å². The maximum absolute atomic E-state index is 12.9. The normalized spacial score (nSPS) is 20.6. The van der Waals surface area contributed by atoms with Gasteiger partial charge in [-0.3, -0.25) is 14.5 Å². The minimum atomic E-state index is -1.05. The molecule has 9 nitrogen and oxygen atoms in total. The monoisotopic (exact) mass is 381 g/mol. The molecule has 1 aromatic heterocycles. The van der Waals surface area contributed by atoms with Crippen molar-refractivity contribution in [3.8, 4) is 0 Å². The predicted octanol–water partition coefficient (Wildman–Crippen LogP) is 0.629. The third-order valence-electron chi connectivity index (χ3n) is 5.09. The number of anilines is 2. The highest BCUT2D eigenvalue weighted by molar-refractivity contribution is 6.22. The minimum Gasteiger partial charge on any atom is -0.478 e. The SMILES string of the molecule is O=C(O)c1ccc(N2C(=O)C[C@@H](N3CCN(c4ncccn4)CC3)C2=O)cc1. The number of benzene rings is 1. The lowest BCUT2D eigenvalue weighted by Gasteiger charge is -2.36. The van der Waals surface area contributed by atoms with E-state index < -0.39 is 12.0 Å². The first kappa shape index (κ1) is 18.1. The molecule has 0 bridgehead atoms. The van der Waals surface area contributed by atoms with E-state index >= 15 is 0 Å². The van der Waals surface area contributed by atoms with Gasteiger partial charge in [0.15, 0.2) is 0 Å². The molecule has 0 aliphatic carbocycles. The van der Waals surface area contributed by atoms with Gasteiger partial charge in [-0.15, -0.1) is 0 Å². The molecule has 2 aliphatic heterocycles. The summed E-state index contributed by atoms with van der Waals surface area (Å²) in [6, 6.07) is 7.04. The Balaban J connectivity index is 1.44. The second-order valence-corrected chi connectivity index (χ2v) is 6.71. The highest BCUT2D eigenvalue weighted by Gasteiger charge is 2.43. The van der Waals surface area contributed by atoms with Gasteiger partial charge in [-0.05, 0) is 30.3 Å². The van der Waals surface area contributed by atoms with Gasteiger partial charge < -0.3 is 10.0 Å². The molecule has 0 saturated carbocycles. The summed E-state index contributed by atoms with van der Waals surface area (Å²) >= 11 is 0. The van der Waals surface area contributed by atoms with Crippen molar-refractivity contribution >= 4 is 29.4 Å². The number of aromatic carboxylic acids is 1. The second-order valence-electron chi connectivity index (χ2n) is 6.71. The van der Waals surface area contributed by atoms with Crippen LogP contribution >= 0.6 is 0 Å². The van der Waals surface area contributed by atoms with Crippen molar-refractivity contribution in [2.24, 2.45) is 0 Å². The number of hydrogen-bond acceptors (Lipinski definition) is 7. The molecule has 2 amide bonds. The Bertz CT molecular complexity index is 894. The molecule has 1 atom stereocenters. The van der Waals surface area contributed by atoms with E-state index in [-0.39, 0.29) is 23.8 Å². The van der Waals surface area contributed by atoms with E-state index in [4.69, 9.17) is 5.11 Å². The molecular formula is C19H19N5O4. The predicted molar refractivity (Wildman–Crippen MR) is 100 cm³/mol. The quantitative estimate of drug-likeness (QED) is 0.769. The van der Waals surface area contributed by atoms with Crippen LogP contribution in [0, 0.1) is 0 Å². The first-order valence-corrected chi connectivity index (χ1v) is 9.01. The van der Waals surface area contributed by atoms with Crippen LogP contribution in [-0.2, 0) is 9.59 Å². The minimum absolute atomic E-state index is 0.110. The molecule has 2 aromatic rings. The van der Waals surface area contributed by atoms with Crippen LogP contribution in [0.5, 0.6) is 0 Å². The molecule has 0 radical (unpaired) electrons. The Hall–Kier alpha value is -3.33. The second kappa shape index (κ2) is 7.35. The molecule has 0 unspecified atom stereocenters. The number of amides is 2. The zero-order chi connectivity index (χ0) is 19.7. The molecule has 4 rings (SSSR count). The number of nitrogens with zero attached hydrogens (tertiary/aromatic N) is 5. The Morgan fingerprint density at radius 2 is 1.64 bits per heavy atom. The van der Waals surface area contributed by atoms with Crippen LogP contribution in [-0.4, -0.2) is 70.0 Å². The number of hydrogen-bond donors (Lipinski definition) is 1. The number of aromatic nitrogens is 2. The third kappa shape index (κ3) is 3.31. The fraction of sp³-hybridized carbons (Fsp3) is 0.316. The van der Waals surface area contributed by atoms with Gasteiger partial charge in [-0.25, -0.2) is 19.7 Å². The van der Waals surface area contributed by atoms with E-state index in [0.717, 1.165) is 4.90 Å². The summed E-state index contributed by atoms with van der Waals surface area (Å²) in [6.07, 6.45) is 3.52. The number of carboxylic acids is 1. The molecule has 9 heteroatoms. The van der Waals surface area contributed by atoms with Gasteiger partial charge in [0.25, 0.3) is 5.91 Å². The van der Waals surface area contributed by atoms with E-state index in [2.05, 4.69) is 14.9 Å². The molecule has 1 aromatic carbocycles. The van der Waals surface area contributed by atoms with Crippen molar-refractivity contribution in [2.45, 2.75) is 12.5 Å². The van der Waals surface area contributed by atoms with Crippen LogP contribution in [0.3, 0.4) is 0 Å². The van der Waals surface area contributed by atoms with E-state index in [1.54, 1.807) is 18.5 Å². The zero-order valence-corrected chi connectivity index (χ0v) is 15.1. The molecule has 3 heterocycles. The highest BCUT2D eigenvalue weighted by atomic mass is 16.4. The standard InChI is InChI=1S/C19H19N5O4/c25-16-12-15(17(26)24(16)14-4-2-13(3-5-14)18(27)28)22-8-10-23(11-9-22)19-20-6-1-7-21-19/h1-7,15H,8-12H2,(H,27,28)/t15-/m1/s1. The fourth-order valence-corrected chi connectivity index (χ4v) is 3.61. The first-order valence-electron chi connectivity index (χ1n) is 9.01. The molecule has 2 saturated heterocycles. The van der Waals surface area contributed by atoms with Crippen molar-refractivity contribution in [2.75, 3.05) is 36.0 Å². The summed E-state index contributed by atoms with van der Waals surface area (Å²) in [5.41, 5.74) is 0.512. The van der Waals surface area contributed by atoms with E-state index in [1.165, 1.54) is 24.3 Å². The lowest BCUT2D eigenvalue weighted by atomic mass is 10.1. The summed E-state index contributed by atoms with van der Waals surface area (Å²) in [5, 5.41) is 8.99. The number of rotatable bonds is 4. The maximum atomic E-state index is 12.9. The van der Waals surface area contributed by atoms with Crippen molar-refractivity contribution in [1.29, 1.82) is 0 Å². The Morgan fingerprint density at radius 1 is 1.00 bits per heavy atom. The van der Waals surface area contributed by atoms with Crippen LogP contribution in [0.15, 0.2) is 42.7 Å². The van der Waals surface area contributed by atoms with Crippen LogP contribution in [0.25, 0.3) is 0 Å². The van der Waals surface area contributed by atoms with Gasteiger partial charge in [-0.1, -0.05) is 0 Å². The Morgan fingerprint density at radius 3 is 2.25 bits per heavy atom. The number of carbonyl (C=O) groups is 3. The third-order valence-corrected chi connectivity index (χ3v) is 5.09. The smallest absolute Gasteiger partial charge is 0.335 e. The highest BCUT2D eigenvalue weighted by Crippen LogP contribution is 2.27. The number of carboxylic acid groups (broad SMARTS) is 1. The molecular weight excluding hydrogens is 362 g/mol. The van der Waals surface area contributed by atoms with Crippen molar-refractivity contribution in [3.63, 3.8) is 0 Å². The largest absolute Gasteiger partial charge is 0.478 e. The fourth-order valence-electron chi connectivity index (χ4n) is 3.61. The van der Waals surface area contributed by atoms with Gasteiger partial charge >= 0.3 is 5.97 Å². The summed E-state index contributed by atoms with van der Waals surface area (Å²) in [5.74, 6) is -0.927. The summed E-state index contributed by atoms with van der Waals surface area (Å²) in [7, 11) is 0. The van der Waals surface area contributed by atoms with Gasteiger partial charge in [0.2, 0.25) is 11.9 Å². The van der Waals surface area contributed by atoms with E-state index in [0.29, 0.717) is 37.8 Å². The Labute approximate surface area is 161 Å². The van der Waals surface area contributed by atoms with Gasteiger partial charge in [-0.2, -0.15) is 0 Å². The molecule has 144 valence electrons. The molecule has 28 heavy (non-hydrogen) atoms. The topological polar surface area (TPSA) is 107 Å². The lowest BCUT2D eigenvalue weighted by Crippen LogP contribution is -2.53. The average molecular weight is 381 g/mol. The molecule has 1 N–H and O–H groups in total. The average Bonchev–Trinajstić information content (AvgIpc) is 3.03. The van der Waals surface area contributed by atoms with Crippen molar-refractivity contribution in [1.82, 2.24) is 14.9 Å². The molecule has 0 spiro atoms. The van der Waals surface area contributed by atoms with E-state index in [9.17, 15) is 14.4 Å². The molecule has 2 fully saturated rings. The van der Waals surface area contributed by atoms with Crippen molar-refractivity contribution < 1.29 is 19.5 Å². The lowest BCUT2D eigenvalue weighted by molar-refractivity contribution is -0.123. The van der Waals surface area contributed by atoms with Gasteiger partial charge in [0.05, 0.1) is 23.7 Å². The van der Waals surface area contributed by atoms with Crippen molar-refractivity contribution in [3.05, 3.63) is 48.3 Å². The molecule has 2 aliphatic rings. The van der Waals surface area contributed by atoms with Crippen LogP contribution in [0.2, 0.25) is 0 Å². The summed E-state index contributed by atoms with van der Waals surface area (Å²) in [4.78, 5) is 50.1. The van der Waals surface area contributed by atoms with Crippen LogP contribution < -0.4 is 9.80 Å². The zero-order valence-electron chi connectivity index (χ0n) is 15.1. The van der Waals surface area contributed by atoms with Gasteiger partial charge in [0, 0.05) is 38.6 Å². The first-order chi connectivity index (χ1) is 13.5. The van der Waals surface area contributed by atoms with Crippen LogP contribution in [0.1, 0.15) is 16.8 Å². The Kier molecular flexibility index (Phi) is 4.74. The maximum Gasteiger partial charge on any atom is 0.335 e. The number of piperazine rings is 1. The number of imide groups is 1. The summed E-state index contributed by atoms with van der Waals surface area (Å²) < 4.78 is 0. The van der Waals surface area contributed by atoms with Crippen LogP contribution in [0.4, 0.5) is 11.6 Å². The summed E-state index contributed by atoms with van der Waals surface area (Å²) in [6.45, 7) is 2.62. The number of carbonyl (C=O) groups excluding carboxylic acids is 2. The van der Waals surface area contributed by atoms with E-state index in [1.807, 2.05) is 4.90 Å².